The minimum absolute atomic E-state index is 0.150. The van der Waals surface area contributed by atoms with Gasteiger partial charge in [0.05, 0.1) is 36.1 Å². The Balaban J connectivity index is 0.000000223. The summed E-state index contributed by atoms with van der Waals surface area (Å²) in [6.45, 7) is -0.957. The Hall–Kier alpha value is -3.97. The Labute approximate surface area is 216 Å². The molecular formula is C22H21N7O7P2. The van der Waals surface area contributed by atoms with E-state index < -0.39 is 26.8 Å². The lowest BCUT2D eigenvalue weighted by molar-refractivity contribution is 0.115. The standard InChI is InChI=1S/C17H11N5.C5H10N2O7P2/c18-9-13-1-5-15(6-2-13)17(22-12-20-11-21-22)16-7-3-14(10-19)4-8-16;8-5(15(9,10)11,16(12,13)14)3-7-2-1-6-4-7/h1-8,11-12,17H;1-2,4,8H,3H2,(H2,9,10,11)(H2,12,13,14). The first-order chi connectivity index (χ1) is 17.9. The number of benzene rings is 2. The van der Waals surface area contributed by atoms with Gasteiger partial charge in [-0.1, -0.05) is 24.3 Å². The van der Waals surface area contributed by atoms with Crippen LogP contribution in [0.1, 0.15) is 28.3 Å². The number of imidazole rings is 1. The molecule has 0 bridgehead atoms. The maximum atomic E-state index is 10.9. The van der Waals surface area contributed by atoms with E-state index in [0.717, 1.165) is 22.0 Å². The van der Waals surface area contributed by atoms with E-state index in [1.807, 2.05) is 24.3 Å². The Kier molecular flexibility index (Phi) is 8.74. The van der Waals surface area contributed by atoms with Crippen LogP contribution in [0.15, 0.2) is 79.9 Å². The molecule has 0 fully saturated rings. The van der Waals surface area contributed by atoms with Crippen molar-refractivity contribution in [2.75, 3.05) is 0 Å². The van der Waals surface area contributed by atoms with E-state index in [2.05, 4.69) is 27.2 Å². The first-order valence-corrected chi connectivity index (χ1v) is 13.8. The molecule has 14 nitrogen and oxygen atoms in total. The second kappa shape index (κ2) is 11.6. The van der Waals surface area contributed by atoms with Gasteiger partial charge in [-0.25, -0.2) is 14.6 Å². The molecule has 0 aliphatic rings. The summed E-state index contributed by atoms with van der Waals surface area (Å²) in [5, 5.41) is 28.1. The number of rotatable bonds is 7. The molecule has 2 heterocycles. The lowest BCUT2D eigenvalue weighted by atomic mass is 9.97. The lowest BCUT2D eigenvalue weighted by Gasteiger charge is -2.29. The van der Waals surface area contributed by atoms with Gasteiger partial charge in [0.2, 0.25) is 0 Å². The van der Waals surface area contributed by atoms with Crippen molar-refractivity contribution < 1.29 is 33.8 Å². The summed E-state index contributed by atoms with van der Waals surface area (Å²) in [6.07, 6.45) is 6.65. The molecule has 0 amide bonds. The van der Waals surface area contributed by atoms with Gasteiger partial charge in [0.15, 0.2) is 0 Å². The number of hydrogen-bond donors (Lipinski definition) is 5. The van der Waals surface area contributed by atoms with Crippen molar-refractivity contribution in [3.05, 3.63) is 102 Å². The van der Waals surface area contributed by atoms with Crippen LogP contribution < -0.4 is 0 Å². The number of aromatic nitrogens is 5. The van der Waals surface area contributed by atoms with Crippen LogP contribution in [0.25, 0.3) is 0 Å². The van der Waals surface area contributed by atoms with Crippen molar-refractivity contribution in [2.24, 2.45) is 0 Å². The molecule has 0 saturated heterocycles. The van der Waals surface area contributed by atoms with Crippen LogP contribution >= 0.6 is 15.2 Å². The quantitative estimate of drug-likeness (QED) is 0.204. The smallest absolute Gasteiger partial charge is 0.366 e. The van der Waals surface area contributed by atoms with E-state index in [0.29, 0.717) is 11.1 Å². The van der Waals surface area contributed by atoms with Gasteiger partial charge in [0, 0.05) is 12.4 Å². The number of nitrogens with zero attached hydrogens (tertiary/aromatic N) is 7. The van der Waals surface area contributed by atoms with Crippen LogP contribution in [0.4, 0.5) is 0 Å². The zero-order valence-corrected chi connectivity index (χ0v) is 21.2. The summed E-state index contributed by atoms with van der Waals surface area (Å²) in [4.78, 5) is 42.8. The van der Waals surface area contributed by atoms with Crippen LogP contribution in [0.5, 0.6) is 0 Å². The first-order valence-electron chi connectivity index (χ1n) is 10.5. The molecule has 0 atom stereocenters. The highest BCUT2D eigenvalue weighted by Crippen LogP contribution is 2.67. The second-order valence-corrected chi connectivity index (χ2v) is 11.9. The molecule has 0 radical (unpaired) electrons. The molecule has 0 aliphatic carbocycles. The zero-order valence-electron chi connectivity index (χ0n) is 19.4. The second-order valence-electron chi connectivity index (χ2n) is 7.84. The largest absolute Gasteiger partial charge is 0.371 e. The fraction of sp³-hybridized carbons (Fsp3) is 0.136. The third-order valence-corrected chi connectivity index (χ3v) is 9.01. The number of nitriles is 2. The molecular weight excluding hydrogens is 536 g/mol. The van der Waals surface area contributed by atoms with E-state index in [9.17, 15) is 14.2 Å². The summed E-state index contributed by atoms with van der Waals surface area (Å²) >= 11 is 0. The van der Waals surface area contributed by atoms with Crippen LogP contribution in [-0.2, 0) is 15.7 Å². The first kappa shape index (κ1) is 28.6. The maximum absolute atomic E-state index is 10.9. The molecule has 2 aromatic heterocycles. The molecule has 2 aromatic carbocycles. The molecule has 16 heteroatoms. The molecule has 4 rings (SSSR count). The molecule has 38 heavy (non-hydrogen) atoms. The summed E-state index contributed by atoms with van der Waals surface area (Å²) in [7, 11) is -10.8. The van der Waals surface area contributed by atoms with Crippen LogP contribution in [-0.4, -0.2) is 54.1 Å². The summed E-state index contributed by atoms with van der Waals surface area (Å²) in [6, 6.07) is 18.8. The summed E-state index contributed by atoms with van der Waals surface area (Å²) < 4.78 is 24.6. The van der Waals surface area contributed by atoms with E-state index >= 15 is 0 Å². The third-order valence-electron chi connectivity index (χ3n) is 5.30. The average Bonchev–Trinajstić information content (AvgIpc) is 3.59. The van der Waals surface area contributed by atoms with E-state index in [4.69, 9.17) is 30.1 Å². The Morgan fingerprint density at radius 1 is 0.842 bits per heavy atom. The van der Waals surface area contributed by atoms with Crippen molar-refractivity contribution in [3.8, 4) is 12.1 Å². The normalized spacial score (nSPS) is 11.8. The topological polar surface area (TPSA) is 231 Å². The molecule has 0 unspecified atom stereocenters. The van der Waals surface area contributed by atoms with Gasteiger partial charge in [-0.2, -0.15) is 15.6 Å². The SMILES string of the molecule is N#Cc1ccc(C(c2ccc(C#N)cc2)n2cncn2)cc1.O=P(O)(O)C(O)(Cn1ccnc1)P(=O)(O)O. The highest BCUT2D eigenvalue weighted by Gasteiger charge is 2.59. The summed E-state index contributed by atoms with van der Waals surface area (Å²) in [5.74, 6) is 0. The Morgan fingerprint density at radius 3 is 1.68 bits per heavy atom. The monoisotopic (exact) mass is 557 g/mol. The van der Waals surface area contributed by atoms with Gasteiger partial charge in [-0.05, 0) is 35.4 Å². The van der Waals surface area contributed by atoms with Crippen LogP contribution in [0, 0.1) is 22.7 Å². The fourth-order valence-electron chi connectivity index (χ4n) is 3.31. The minimum atomic E-state index is -5.41. The highest BCUT2D eigenvalue weighted by molar-refractivity contribution is 7.72. The fourth-order valence-corrected chi connectivity index (χ4v) is 5.36. The van der Waals surface area contributed by atoms with E-state index in [1.54, 1.807) is 35.3 Å². The minimum Gasteiger partial charge on any atom is -0.366 e. The Bertz CT molecular complexity index is 1440. The van der Waals surface area contributed by atoms with Gasteiger partial charge in [-0.15, -0.1) is 0 Å². The van der Waals surface area contributed by atoms with Gasteiger partial charge in [0.1, 0.15) is 18.7 Å². The van der Waals surface area contributed by atoms with Crippen molar-refractivity contribution in [3.63, 3.8) is 0 Å². The highest BCUT2D eigenvalue weighted by atomic mass is 31.2. The predicted octanol–water partition coefficient (Wildman–Crippen LogP) is 1.54. The molecule has 4 aromatic rings. The van der Waals surface area contributed by atoms with Gasteiger partial charge in [0.25, 0.3) is 5.08 Å². The number of hydrogen-bond acceptors (Lipinski definition) is 8. The predicted molar refractivity (Wildman–Crippen MR) is 131 cm³/mol. The van der Waals surface area contributed by atoms with Gasteiger partial charge < -0.3 is 29.2 Å². The molecule has 0 aliphatic heterocycles. The van der Waals surface area contributed by atoms with E-state index in [1.165, 1.54) is 18.7 Å². The molecule has 0 saturated carbocycles. The zero-order chi connectivity index (χ0) is 28.0. The maximum Gasteiger partial charge on any atom is 0.371 e. The van der Waals surface area contributed by atoms with Crippen LogP contribution in [0.3, 0.4) is 0 Å². The van der Waals surface area contributed by atoms with Crippen LogP contribution in [0.2, 0.25) is 0 Å². The number of aliphatic hydroxyl groups is 1. The van der Waals surface area contributed by atoms with Crippen molar-refractivity contribution in [1.82, 2.24) is 24.3 Å². The van der Waals surface area contributed by atoms with Crippen molar-refractivity contribution in [1.29, 1.82) is 10.5 Å². The van der Waals surface area contributed by atoms with Gasteiger partial charge >= 0.3 is 15.2 Å². The van der Waals surface area contributed by atoms with Gasteiger partial charge in [-0.3, -0.25) is 9.13 Å². The summed E-state index contributed by atoms with van der Waals surface area (Å²) in [5.41, 5.74) is 3.21. The third kappa shape index (κ3) is 6.47. The average molecular weight is 557 g/mol. The lowest BCUT2D eigenvalue weighted by Crippen LogP contribution is -2.33. The van der Waals surface area contributed by atoms with Crippen molar-refractivity contribution in [2.45, 2.75) is 17.7 Å². The molecule has 5 N–H and O–H groups in total. The molecule has 0 spiro atoms. The van der Waals surface area contributed by atoms with E-state index in [-0.39, 0.29) is 6.04 Å². The van der Waals surface area contributed by atoms with Crippen molar-refractivity contribution >= 4 is 15.2 Å². The Morgan fingerprint density at radius 2 is 1.34 bits per heavy atom. The molecule has 196 valence electrons.